The molecule has 0 aliphatic rings. The molecule has 154 valence electrons. The molecule has 0 aromatic heterocycles. The second-order valence-corrected chi connectivity index (χ2v) is 6.74. The maximum absolute atomic E-state index is 12.2. The number of carbonyl (C=O) groups is 4. The van der Waals surface area contributed by atoms with Gasteiger partial charge < -0.3 is 36.8 Å². The van der Waals surface area contributed by atoms with Crippen LogP contribution in [-0.2, 0) is 19.2 Å². The highest BCUT2D eigenvalue weighted by Gasteiger charge is 2.23. The van der Waals surface area contributed by atoms with Crippen LogP contribution in [0.5, 0.6) is 11.5 Å². The van der Waals surface area contributed by atoms with Gasteiger partial charge in [0.05, 0.1) is 4.90 Å². The molecule has 2 atom stereocenters. The first-order chi connectivity index (χ1) is 13.1. The number of amides is 2. The second kappa shape index (κ2) is 11.0. The summed E-state index contributed by atoms with van der Waals surface area (Å²) in [4.78, 5) is 45.7. The van der Waals surface area contributed by atoms with Crippen molar-refractivity contribution >= 4 is 35.5 Å². The Morgan fingerprint density at radius 3 is 2.43 bits per heavy atom. The lowest BCUT2D eigenvalue weighted by molar-refractivity contribution is -0.139. The quantitative estimate of drug-likeness (QED) is 0.175. The lowest BCUT2D eigenvalue weighted by Gasteiger charge is -2.18. The van der Waals surface area contributed by atoms with Crippen LogP contribution in [0.2, 0.25) is 0 Å². The topological polar surface area (TPSA) is 199 Å². The van der Waals surface area contributed by atoms with Crippen molar-refractivity contribution in [3.8, 4) is 11.5 Å². The van der Waals surface area contributed by atoms with Gasteiger partial charge in [0.15, 0.2) is 0 Å². The van der Waals surface area contributed by atoms with Crippen molar-refractivity contribution < 1.29 is 39.6 Å². The fourth-order valence-corrected chi connectivity index (χ4v) is 2.94. The van der Waals surface area contributed by atoms with Crippen LogP contribution in [0.15, 0.2) is 23.1 Å². The number of benzene rings is 1. The summed E-state index contributed by atoms with van der Waals surface area (Å²) in [6.07, 6.45) is -0.399. The van der Waals surface area contributed by atoms with E-state index < -0.39 is 42.4 Å². The summed E-state index contributed by atoms with van der Waals surface area (Å²) in [6.45, 7) is -0.656. The fourth-order valence-electron chi connectivity index (χ4n) is 1.94. The third-order valence-corrected chi connectivity index (χ3v) is 4.55. The van der Waals surface area contributed by atoms with E-state index in [4.69, 9.17) is 15.9 Å². The van der Waals surface area contributed by atoms with E-state index in [0.29, 0.717) is 0 Å². The summed E-state index contributed by atoms with van der Waals surface area (Å²) in [7, 11) is 0. The molecule has 12 heteroatoms. The average Bonchev–Trinajstić information content (AvgIpc) is 2.63. The zero-order chi connectivity index (χ0) is 21.3. The van der Waals surface area contributed by atoms with Gasteiger partial charge in [-0.3, -0.25) is 19.2 Å². The number of carboxylic acid groups (broad SMARTS) is 2. The number of phenolic OH excluding ortho intramolecular Hbond substituents is 2. The highest BCUT2D eigenvalue weighted by atomic mass is 32.2. The van der Waals surface area contributed by atoms with Gasteiger partial charge in [0.1, 0.15) is 30.1 Å². The molecule has 0 radical (unpaired) electrons. The number of thioether (sulfide) groups is 1. The molecule has 1 aromatic rings. The van der Waals surface area contributed by atoms with E-state index in [9.17, 15) is 29.4 Å². The van der Waals surface area contributed by atoms with E-state index in [-0.39, 0.29) is 35.0 Å². The summed E-state index contributed by atoms with van der Waals surface area (Å²) in [5.41, 5.74) is 5.32. The summed E-state index contributed by atoms with van der Waals surface area (Å²) in [5, 5.41) is 41.1. The molecular weight excluding hydrogens is 394 g/mol. The summed E-state index contributed by atoms with van der Waals surface area (Å²) >= 11 is 0.951. The molecule has 0 aliphatic carbocycles. The van der Waals surface area contributed by atoms with Gasteiger partial charge in [-0.1, -0.05) is 0 Å². The fraction of sp³-hybridized carbons (Fsp3) is 0.375. The van der Waals surface area contributed by atoms with Gasteiger partial charge in [-0.2, -0.15) is 0 Å². The van der Waals surface area contributed by atoms with E-state index in [1.54, 1.807) is 0 Å². The van der Waals surface area contributed by atoms with Crippen molar-refractivity contribution in [2.75, 3.05) is 12.3 Å². The smallest absolute Gasteiger partial charge is 0.322 e. The Balaban J connectivity index is 2.76. The van der Waals surface area contributed by atoms with Gasteiger partial charge in [0, 0.05) is 12.2 Å². The highest BCUT2D eigenvalue weighted by Crippen LogP contribution is 2.31. The number of nitrogens with one attached hydrogen (secondary N) is 2. The molecule has 0 unspecified atom stereocenters. The monoisotopic (exact) mass is 415 g/mol. The molecule has 0 saturated heterocycles. The summed E-state index contributed by atoms with van der Waals surface area (Å²) in [5.74, 6) is -4.30. The third kappa shape index (κ3) is 8.14. The maximum atomic E-state index is 12.2. The minimum Gasteiger partial charge on any atom is -0.508 e. The van der Waals surface area contributed by atoms with Crippen LogP contribution in [0, 0.1) is 0 Å². The van der Waals surface area contributed by atoms with Crippen molar-refractivity contribution in [3.05, 3.63) is 18.2 Å². The predicted octanol–water partition coefficient (Wildman–Crippen LogP) is -0.932. The van der Waals surface area contributed by atoms with Crippen molar-refractivity contribution in [1.29, 1.82) is 0 Å². The minimum absolute atomic E-state index is 0.0841. The minimum atomic E-state index is -1.27. The van der Waals surface area contributed by atoms with Gasteiger partial charge in [0.25, 0.3) is 0 Å². The van der Waals surface area contributed by atoms with E-state index in [2.05, 4.69) is 10.6 Å². The molecule has 2 amide bonds. The maximum Gasteiger partial charge on any atom is 0.322 e. The molecule has 11 nitrogen and oxygen atoms in total. The predicted molar refractivity (Wildman–Crippen MR) is 97.9 cm³/mol. The van der Waals surface area contributed by atoms with E-state index >= 15 is 0 Å². The zero-order valence-corrected chi connectivity index (χ0v) is 15.4. The van der Waals surface area contributed by atoms with Crippen LogP contribution >= 0.6 is 11.8 Å². The molecule has 0 saturated carbocycles. The Morgan fingerprint density at radius 2 is 1.82 bits per heavy atom. The summed E-state index contributed by atoms with van der Waals surface area (Å²) in [6, 6.07) is 1.38. The average molecular weight is 415 g/mol. The first-order valence-electron chi connectivity index (χ1n) is 8.02. The Morgan fingerprint density at radius 1 is 1.14 bits per heavy atom. The van der Waals surface area contributed by atoms with Crippen LogP contribution in [0.3, 0.4) is 0 Å². The Labute approximate surface area is 163 Å². The molecule has 0 bridgehead atoms. The third-order valence-electron chi connectivity index (χ3n) is 3.41. The number of phenols is 2. The molecule has 1 aromatic carbocycles. The number of carbonyl (C=O) groups excluding carboxylic acids is 2. The molecule has 0 aliphatic heterocycles. The molecular formula is C16H21N3O8S. The summed E-state index contributed by atoms with van der Waals surface area (Å²) < 4.78 is 0. The first kappa shape index (κ1) is 23.0. The van der Waals surface area contributed by atoms with Gasteiger partial charge in [-0.25, -0.2) is 0 Å². The number of rotatable bonds is 11. The number of aromatic hydroxyl groups is 2. The van der Waals surface area contributed by atoms with Crippen LogP contribution in [0.4, 0.5) is 0 Å². The largest absolute Gasteiger partial charge is 0.508 e. The Bertz CT molecular complexity index is 743. The van der Waals surface area contributed by atoms with Gasteiger partial charge in [0.2, 0.25) is 11.8 Å². The lowest BCUT2D eigenvalue weighted by atomic mass is 10.1. The standard InChI is InChI=1S/C16H21N3O8S/c17-9(16(26)27)2-4-13(22)19-10(15(25)18-6-14(23)24)7-28-12-5-8(20)1-3-11(12)21/h1,3,5,9-10,20-21H,2,4,6-7,17H2,(H,18,25)(H,19,22)(H,23,24)(H,26,27)/t9-,10+/m0/s1. The van der Waals surface area contributed by atoms with Crippen LogP contribution < -0.4 is 16.4 Å². The first-order valence-corrected chi connectivity index (χ1v) is 9.00. The normalized spacial score (nSPS) is 12.6. The molecule has 1 rings (SSSR count). The molecule has 0 fully saturated rings. The van der Waals surface area contributed by atoms with E-state index in [1.807, 2.05) is 0 Å². The van der Waals surface area contributed by atoms with Crippen molar-refractivity contribution in [2.45, 2.75) is 29.8 Å². The van der Waals surface area contributed by atoms with Crippen LogP contribution in [0.25, 0.3) is 0 Å². The lowest BCUT2D eigenvalue weighted by Crippen LogP contribution is -2.49. The van der Waals surface area contributed by atoms with Crippen LogP contribution in [0.1, 0.15) is 12.8 Å². The van der Waals surface area contributed by atoms with Crippen molar-refractivity contribution in [3.63, 3.8) is 0 Å². The SMILES string of the molecule is N[C@@H](CCC(=O)N[C@H](CSc1cc(O)ccc1O)C(=O)NCC(=O)O)C(=O)O. The van der Waals surface area contributed by atoms with Crippen molar-refractivity contribution in [1.82, 2.24) is 10.6 Å². The Hall–Kier alpha value is -2.99. The molecule has 0 spiro atoms. The number of nitrogens with two attached hydrogens (primary N) is 1. The van der Waals surface area contributed by atoms with Gasteiger partial charge in [-0.05, 0) is 24.6 Å². The van der Waals surface area contributed by atoms with Crippen LogP contribution in [-0.4, -0.2) is 68.6 Å². The zero-order valence-electron chi connectivity index (χ0n) is 14.6. The highest BCUT2D eigenvalue weighted by molar-refractivity contribution is 7.99. The number of carboxylic acids is 2. The Kier molecular flexibility index (Phi) is 9.05. The number of aliphatic carboxylic acids is 2. The molecule has 8 N–H and O–H groups in total. The second-order valence-electron chi connectivity index (χ2n) is 5.68. The van der Waals surface area contributed by atoms with E-state index in [1.165, 1.54) is 18.2 Å². The molecule has 0 heterocycles. The van der Waals surface area contributed by atoms with Gasteiger partial charge >= 0.3 is 11.9 Å². The van der Waals surface area contributed by atoms with Crippen molar-refractivity contribution in [2.24, 2.45) is 5.73 Å². The molecule has 28 heavy (non-hydrogen) atoms. The number of hydrogen-bond acceptors (Lipinski definition) is 8. The van der Waals surface area contributed by atoms with E-state index in [0.717, 1.165) is 11.8 Å². The number of hydrogen-bond donors (Lipinski definition) is 7. The van der Waals surface area contributed by atoms with Gasteiger partial charge in [-0.15, -0.1) is 11.8 Å².